The van der Waals surface area contributed by atoms with Crippen molar-refractivity contribution in [2.45, 2.75) is 25.4 Å². The van der Waals surface area contributed by atoms with Crippen LogP contribution in [-0.4, -0.2) is 47.5 Å². The first-order valence-electron chi connectivity index (χ1n) is 10.4. The molecule has 2 aromatic carbocycles. The van der Waals surface area contributed by atoms with E-state index in [9.17, 15) is 9.59 Å². The smallest absolute Gasteiger partial charge is 0.251 e. The van der Waals surface area contributed by atoms with E-state index in [1.165, 1.54) is 10.5 Å². The molecule has 8 nitrogen and oxygen atoms in total. The summed E-state index contributed by atoms with van der Waals surface area (Å²) in [6.07, 6.45) is 4.11. The Balaban J connectivity index is 1.21. The van der Waals surface area contributed by atoms with Gasteiger partial charge in [0.1, 0.15) is 25.8 Å². The largest absolute Gasteiger partial charge is 0.486 e. The van der Waals surface area contributed by atoms with Gasteiger partial charge >= 0.3 is 0 Å². The molecule has 8 heteroatoms. The summed E-state index contributed by atoms with van der Waals surface area (Å²) in [5, 5.41) is 4.66. The lowest BCUT2D eigenvalue weighted by Crippen LogP contribution is -2.49. The van der Waals surface area contributed by atoms with Crippen molar-refractivity contribution in [2.24, 2.45) is 0 Å². The lowest BCUT2D eigenvalue weighted by molar-refractivity contribution is -0.137. The predicted octanol–water partition coefficient (Wildman–Crippen LogP) is 2.34. The molecule has 0 saturated carbocycles. The summed E-state index contributed by atoms with van der Waals surface area (Å²) in [5.41, 5.74) is 6.32. The van der Waals surface area contributed by atoms with Crippen molar-refractivity contribution < 1.29 is 19.1 Å². The van der Waals surface area contributed by atoms with Gasteiger partial charge in [-0.1, -0.05) is 29.8 Å². The number of carbonyl (C=O) groups is 2. The molecule has 5 rings (SSSR count). The normalized spacial score (nSPS) is 21.8. The van der Waals surface area contributed by atoms with E-state index < -0.39 is 0 Å². The highest BCUT2D eigenvalue weighted by Gasteiger charge is 2.40. The van der Waals surface area contributed by atoms with Gasteiger partial charge in [-0.15, -0.1) is 0 Å². The Bertz CT molecular complexity index is 1040. The number of amides is 2. The van der Waals surface area contributed by atoms with Gasteiger partial charge in [0.25, 0.3) is 5.91 Å². The van der Waals surface area contributed by atoms with Gasteiger partial charge in [0.2, 0.25) is 5.91 Å². The van der Waals surface area contributed by atoms with Crippen molar-refractivity contribution in [2.75, 3.05) is 25.1 Å². The van der Waals surface area contributed by atoms with Gasteiger partial charge < -0.3 is 24.7 Å². The van der Waals surface area contributed by atoms with E-state index >= 15 is 0 Å². The third kappa shape index (κ3) is 3.94. The molecule has 2 atom stereocenters. The molecule has 0 aromatic heterocycles. The molecule has 3 heterocycles. The van der Waals surface area contributed by atoms with Crippen LogP contribution in [0, 0.1) is 6.92 Å². The SMILES string of the molecule is Cc1ccc(C2CC3C(=O)N(CC(=O)Nc4ccc5c(c4)OCCO5)C=CN3N2)cc1. The average Bonchev–Trinajstić information content (AvgIpc) is 3.21. The lowest BCUT2D eigenvalue weighted by atomic mass is 10.00. The minimum atomic E-state index is -0.335. The first-order valence-corrected chi connectivity index (χ1v) is 10.4. The number of benzene rings is 2. The standard InChI is InChI=1S/C23H24N4O4/c1-15-2-4-16(5-3-15)18-13-19-23(29)26(8-9-27(19)25-18)14-22(28)24-17-6-7-20-21(12-17)31-11-10-30-20/h2-9,12,18-19,25H,10-11,13-14H2,1H3,(H,24,28). The Morgan fingerprint density at radius 1 is 1.10 bits per heavy atom. The Kier molecular flexibility index (Phi) is 4.99. The monoisotopic (exact) mass is 420 g/mol. The number of carbonyl (C=O) groups excluding carboxylic acids is 2. The zero-order valence-electron chi connectivity index (χ0n) is 17.2. The molecule has 0 aliphatic carbocycles. The minimum Gasteiger partial charge on any atom is -0.486 e. The van der Waals surface area contributed by atoms with Gasteiger partial charge in [-0.25, -0.2) is 5.43 Å². The molecule has 2 aromatic rings. The van der Waals surface area contributed by atoms with Crippen LogP contribution in [0.4, 0.5) is 5.69 Å². The summed E-state index contributed by atoms with van der Waals surface area (Å²) in [4.78, 5) is 27.0. The van der Waals surface area contributed by atoms with Gasteiger partial charge in [-0.05, 0) is 31.0 Å². The third-order valence-electron chi connectivity index (χ3n) is 5.69. The second-order valence-electron chi connectivity index (χ2n) is 7.92. The number of rotatable bonds is 4. The molecule has 2 unspecified atom stereocenters. The van der Waals surface area contributed by atoms with E-state index in [0.29, 0.717) is 36.8 Å². The topological polar surface area (TPSA) is 83.1 Å². The van der Waals surface area contributed by atoms with Gasteiger partial charge in [0.05, 0.1) is 6.04 Å². The van der Waals surface area contributed by atoms with Crippen LogP contribution in [0.3, 0.4) is 0 Å². The number of hydrogen-bond donors (Lipinski definition) is 2. The summed E-state index contributed by atoms with van der Waals surface area (Å²) >= 11 is 0. The molecule has 0 spiro atoms. The average molecular weight is 420 g/mol. The maximum Gasteiger partial charge on any atom is 0.251 e. The maximum atomic E-state index is 13.0. The number of hydrogen-bond acceptors (Lipinski definition) is 6. The van der Waals surface area contributed by atoms with Gasteiger partial charge in [-0.2, -0.15) is 0 Å². The fourth-order valence-corrected chi connectivity index (χ4v) is 4.06. The van der Waals surface area contributed by atoms with E-state index in [0.717, 1.165) is 5.56 Å². The number of hydrazine groups is 1. The highest BCUT2D eigenvalue weighted by atomic mass is 16.6. The van der Waals surface area contributed by atoms with E-state index in [2.05, 4.69) is 41.9 Å². The molecule has 1 saturated heterocycles. The summed E-state index contributed by atoms with van der Waals surface area (Å²) < 4.78 is 11.0. The third-order valence-corrected chi connectivity index (χ3v) is 5.69. The number of anilines is 1. The zero-order chi connectivity index (χ0) is 21.4. The van der Waals surface area contributed by atoms with E-state index in [-0.39, 0.29) is 30.4 Å². The molecule has 0 bridgehead atoms. The second-order valence-corrected chi connectivity index (χ2v) is 7.92. The molecule has 3 aliphatic heterocycles. The maximum absolute atomic E-state index is 13.0. The van der Waals surface area contributed by atoms with Crippen molar-refractivity contribution in [3.05, 3.63) is 66.0 Å². The van der Waals surface area contributed by atoms with E-state index in [1.807, 2.05) is 11.2 Å². The first-order chi connectivity index (χ1) is 15.1. The molecule has 3 aliphatic rings. The summed E-state index contributed by atoms with van der Waals surface area (Å²) in [6.45, 7) is 2.99. The van der Waals surface area contributed by atoms with Crippen molar-refractivity contribution >= 4 is 17.5 Å². The summed E-state index contributed by atoms with van der Waals surface area (Å²) in [5.74, 6) is 0.897. The quantitative estimate of drug-likeness (QED) is 0.790. The molecule has 160 valence electrons. The Labute approximate surface area is 180 Å². The molecule has 2 amide bonds. The van der Waals surface area contributed by atoms with Crippen molar-refractivity contribution in [1.82, 2.24) is 15.3 Å². The highest BCUT2D eigenvalue weighted by molar-refractivity contribution is 5.96. The van der Waals surface area contributed by atoms with Crippen LogP contribution in [0.15, 0.2) is 54.9 Å². The minimum absolute atomic E-state index is 0.0523. The van der Waals surface area contributed by atoms with E-state index in [1.54, 1.807) is 24.4 Å². The number of nitrogens with zero attached hydrogens (tertiary/aromatic N) is 2. The van der Waals surface area contributed by atoms with Crippen LogP contribution in [0.2, 0.25) is 0 Å². The van der Waals surface area contributed by atoms with Crippen LogP contribution in [0.5, 0.6) is 11.5 Å². The lowest BCUT2D eigenvalue weighted by Gasteiger charge is -2.31. The fourth-order valence-electron chi connectivity index (χ4n) is 4.06. The van der Waals surface area contributed by atoms with Gasteiger partial charge in [0, 0.05) is 24.2 Å². The number of fused-ring (bicyclic) bond motifs is 2. The second kappa shape index (κ2) is 7.96. The van der Waals surface area contributed by atoms with Crippen molar-refractivity contribution in [1.29, 1.82) is 0 Å². The van der Waals surface area contributed by atoms with Crippen molar-refractivity contribution in [3.63, 3.8) is 0 Å². The molecular weight excluding hydrogens is 396 g/mol. The summed E-state index contributed by atoms with van der Waals surface area (Å²) in [7, 11) is 0. The highest BCUT2D eigenvalue weighted by Crippen LogP contribution is 2.33. The first kappa shape index (κ1) is 19.4. The number of aryl methyl sites for hydroxylation is 1. The van der Waals surface area contributed by atoms with Gasteiger partial charge in [-0.3, -0.25) is 9.59 Å². The Morgan fingerprint density at radius 2 is 1.87 bits per heavy atom. The molecule has 2 N–H and O–H groups in total. The fraction of sp³-hybridized carbons (Fsp3) is 0.304. The number of nitrogens with one attached hydrogen (secondary N) is 2. The molecule has 31 heavy (non-hydrogen) atoms. The van der Waals surface area contributed by atoms with Crippen LogP contribution < -0.4 is 20.2 Å². The zero-order valence-corrected chi connectivity index (χ0v) is 17.2. The van der Waals surface area contributed by atoms with Crippen LogP contribution in [0.25, 0.3) is 0 Å². The molecule has 1 fully saturated rings. The Hall–Kier alpha value is -3.52. The van der Waals surface area contributed by atoms with Crippen molar-refractivity contribution in [3.8, 4) is 11.5 Å². The summed E-state index contributed by atoms with van der Waals surface area (Å²) in [6, 6.07) is 13.3. The van der Waals surface area contributed by atoms with Crippen LogP contribution in [0.1, 0.15) is 23.6 Å². The number of ether oxygens (including phenoxy) is 2. The molecule has 0 radical (unpaired) electrons. The molecular formula is C23H24N4O4. The van der Waals surface area contributed by atoms with E-state index in [4.69, 9.17) is 9.47 Å². The Morgan fingerprint density at radius 3 is 2.68 bits per heavy atom. The van der Waals surface area contributed by atoms with Gasteiger partial charge in [0.15, 0.2) is 11.5 Å². The predicted molar refractivity (Wildman–Crippen MR) is 114 cm³/mol. The van der Waals surface area contributed by atoms with Crippen LogP contribution >= 0.6 is 0 Å². The van der Waals surface area contributed by atoms with Crippen LogP contribution in [-0.2, 0) is 9.59 Å².